The van der Waals surface area contributed by atoms with Crippen LogP contribution in [0.25, 0.3) is 0 Å². The van der Waals surface area contributed by atoms with E-state index in [4.69, 9.17) is 0 Å². The molecule has 0 amide bonds. The molecule has 0 heterocycles. The fourth-order valence-corrected chi connectivity index (χ4v) is 1.40. The van der Waals surface area contributed by atoms with Crippen molar-refractivity contribution in [2.24, 2.45) is 5.92 Å². The van der Waals surface area contributed by atoms with Crippen molar-refractivity contribution in [3.05, 3.63) is 60.7 Å². The molecular weight excluding hydrogens is 265 g/mol. The molecule has 0 radical (unpaired) electrons. The van der Waals surface area contributed by atoms with Gasteiger partial charge in [-0.15, -0.1) is 6.92 Å². The normalized spacial score (nSPS) is 8.74. The summed E-state index contributed by atoms with van der Waals surface area (Å²) in [5.41, 5.74) is 2.47. The third-order valence-electron chi connectivity index (χ3n) is 2.16. The Balaban J connectivity index is -0.000000379. The molecule has 0 atom stereocenters. The van der Waals surface area contributed by atoms with Crippen molar-refractivity contribution in [2.45, 2.75) is 33.6 Å². The molecule has 19 heavy (non-hydrogen) atoms. The molecule has 0 aromatic heterocycles. The fraction of sp³-hybridized carbons (Fsp3) is 0.400. The van der Waals surface area contributed by atoms with Gasteiger partial charge < -0.3 is 27.2 Å². The van der Waals surface area contributed by atoms with E-state index in [9.17, 15) is 10.1 Å². The molecule has 0 saturated carbocycles. The average molecular weight is 289 g/mol. The number of aryl methyl sites for hydroxylation is 2. The van der Waals surface area contributed by atoms with Gasteiger partial charge in [0.25, 0.3) is 5.69 Å². The van der Waals surface area contributed by atoms with Crippen molar-refractivity contribution in [1.29, 1.82) is 0 Å². The Labute approximate surface area is 160 Å². The first-order valence-electron chi connectivity index (χ1n) is 5.84. The van der Waals surface area contributed by atoms with Crippen molar-refractivity contribution in [3.63, 3.8) is 0 Å². The Morgan fingerprint density at radius 2 is 1.63 bits per heavy atom. The van der Waals surface area contributed by atoms with Crippen LogP contribution in [0.3, 0.4) is 0 Å². The molecule has 0 fully saturated rings. The molecule has 0 spiro atoms. The molecule has 0 bridgehead atoms. The third kappa shape index (κ3) is 10.7. The number of nitro groups is 1. The van der Waals surface area contributed by atoms with E-state index < -0.39 is 0 Å². The molecule has 4 heteroatoms. The van der Waals surface area contributed by atoms with E-state index in [-0.39, 0.29) is 69.4 Å². The van der Waals surface area contributed by atoms with Crippen molar-refractivity contribution in [2.75, 3.05) is 0 Å². The molecule has 104 valence electrons. The molecule has 0 unspecified atom stereocenters. The van der Waals surface area contributed by atoms with Gasteiger partial charge in [0.2, 0.25) is 0 Å². The van der Waals surface area contributed by atoms with Crippen LogP contribution in [0.2, 0.25) is 0 Å². The summed E-state index contributed by atoms with van der Waals surface area (Å²) in [5.74, 6) is 0.333. The van der Waals surface area contributed by atoms with Crippen LogP contribution in [0.1, 0.15) is 31.9 Å². The summed E-state index contributed by atoms with van der Waals surface area (Å²) in [6.45, 7) is 13.1. The second kappa shape index (κ2) is 13.2. The van der Waals surface area contributed by atoms with Crippen molar-refractivity contribution >= 4 is 5.69 Å². The van der Waals surface area contributed by atoms with E-state index in [1.807, 2.05) is 19.9 Å². The van der Waals surface area contributed by atoms with Gasteiger partial charge in [0.05, 0.1) is 4.92 Å². The van der Waals surface area contributed by atoms with Gasteiger partial charge in [0.1, 0.15) is 0 Å². The number of hydrogen-bond donors (Lipinski definition) is 0. The van der Waals surface area contributed by atoms with E-state index in [0.717, 1.165) is 18.4 Å². The molecule has 3 nitrogen and oxygen atoms in total. The standard InChI is InChI=1S/C10H13NO2.C4H8.CH3.K/c1-3-8-5-6-10(11(12)13)7-9(8)4-2;1-4(2)3;;/h5-7H,3-4H2,1-2H3;4H,1-2H2,3H3;1H3;/q;-2;-1;+1. The quantitative estimate of drug-likeness (QED) is 0.366. The van der Waals surface area contributed by atoms with Crippen LogP contribution in [-0.2, 0) is 12.8 Å². The number of benzene rings is 1. The van der Waals surface area contributed by atoms with Crippen molar-refractivity contribution in [3.8, 4) is 0 Å². The van der Waals surface area contributed by atoms with E-state index in [1.54, 1.807) is 12.1 Å². The number of non-ortho nitro benzene ring substituents is 1. The van der Waals surface area contributed by atoms with Gasteiger partial charge in [-0.05, 0) is 24.0 Å². The summed E-state index contributed by atoms with van der Waals surface area (Å²) >= 11 is 0. The van der Waals surface area contributed by atoms with Gasteiger partial charge in [-0.3, -0.25) is 10.1 Å². The van der Waals surface area contributed by atoms with E-state index in [0.29, 0.717) is 5.92 Å². The number of rotatable bonds is 3. The molecule has 1 rings (SSSR count). The van der Waals surface area contributed by atoms with Crippen LogP contribution in [0, 0.1) is 37.3 Å². The maximum Gasteiger partial charge on any atom is 1.00 e. The van der Waals surface area contributed by atoms with Gasteiger partial charge >= 0.3 is 51.4 Å². The van der Waals surface area contributed by atoms with Crippen LogP contribution in [0.4, 0.5) is 5.69 Å². The second-order valence-electron chi connectivity index (χ2n) is 4.02. The van der Waals surface area contributed by atoms with E-state index in [2.05, 4.69) is 20.8 Å². The Kier molecular flexibility index (Phi) is 16.9. The first-order chi connectivity index (χ1) is 7.92. The van der Waals surface area contributed by atoms with E-state index in [1.165, 1.54) is 5.56 Å². The Morgan fingerprint density at radius 1 is 1.21 bits per heavy atom. The zero-order valence-corrected chi connectivity index (χ0v) is 16.0. The first kappa shape index (κ1) is 24.3. The van der Waals surface area contributed by atoms with Crippen LogP contribution >= 0.6 is 0 Å². The predicted molar refractivity (Wildman–Crippen MR) is 78.1 cm³/mol. The third-order valence-corrected chi connectivity index (χ3v) is 2.16. The molecule has 0 aliphatic heterocycles. The summed E-state index contributed by atoms with van der Waals surface area (Å²) in [7, 11) is 0. The molecule has 0 N–H and O–H groups in total. The number of nitro benzene ring substituents is 1. The molecule has 1 aromatic carbocycles. The Bertz CT molecular complexity index is 362. The summed E-state index contributed by atoms with van der Waals surface area (Å²) < 4.78 is 0. The largest absolute Gasteiger partial charge is 1.00 e. The van der Waals surface area contributed by atoms with Crippen LogP contribution in [-0.4, -0.2) is 4.92 Å². The Morgan fingerprint density at radius 3 is 1.95 bits per heavy atom. The van der Waals surface area contributed by atoms with Gasteiger partial charge in [-0.1, -0.05) is 19.9 Å². The summed E-state index contributed by atoms with van der Waals surface area (Å²) in [6.07, 6.45) is 1.78. The maximum atomic E-state index is 10.5. The minimum atomic E-state index is -0.349. The smallest absolute Gasteiger partial charge is 0.370 e. The summed E-state index contributed by atoms with van der Waals surface area (Å²) in [6, 6.07) is 5.08. The maximum absolute atomic E-state index is 10.5. The van der Waals surface area contributed by atoms with Crippen LogP contribution in [0.5, 0.6) is 0 Å². The zero-order chi connectivity index (χ0) is 13.4. The van der Waals surface area contributed by atoms with Gasteiger partial charge in [-0.25, -0.2) is 0 Å². The average Bonchev–Trinajstić information content (AvgIpc) is 2.27. The van der Waals surface area contributed by atoms with Gasteiger partial charge in [-0.2, -0.15) is 0 Å². The SMILES string of the molecule is CCc1ccc([N+](=O)[O-])cc1CC.[CH2-]C([CH2-])C.[CH3-].[K+]. The monoisotopic (exact) mass is 289 g/mol. The minimum absolute atomic E-state index is 0. The topological polar surface area (TPSA) is 43.1 Å². The first-order valence-corrected chi connectivity index (χ1v) is 5.84. The summed E-state index contributed by atoms with van der Waals surface area (Å²) in [5, 5.41) is 10.5. The Hall–Kier alpha value is 0.256. The number of nitrogens with zero attached hydrogens (tertiary/aromatic N) is 1. The molecular formula is C15H24KNO2-2. The molecule has 0 saturated heterocycles. The predicted octanol–water partition coefficient (Wildman–Crippen LogP) is 1.46. The van der Waals surface area contributed by atoms with Crippen molar-refractivity contribution in [1.82, 2.24) is 0 Å². The zero-order valence-electron chi connectivity index (χ0n) is 12.9. The molecule has 0 aliphatic rings. The van der Waals surface area contributed by atoms with Crippen LogP contribution in [0.15, 0.2) is 18.2 Å². The van der Waals surface area contributed by atoms with Crippen LogP contribution < -0.4 is 51.4 Å². The van der Waals surface area contributed by atoms with E-state index >= 15 is 0 Å². The summed E-state index contributed by atoms with van der Waals surface area (Å²) in [4.78, 5) is 10.1. The fourth-order valence-electron chi connectivity index (χ4n) is 1.40. The molecule has 0 aliphatic carbocycles. The second-order valence-corrected chi connectivity index (χ2v) is 4.02. The van der Waals surface area contributed by atoms with Crippen molar-refractivity contribution < 1.29 is 56.3 Å². The molecule has 1 aromatic rings. The van der Waals surface area contributed by atoms with Gasteiger partial charge in [0.15, 0.2) is 0 Å². The van der Waals surface area contributed by atoms with Gasteiger partial charge in [0, 0.05) is 12.1 Å². The number of hydrogen-bond acceptors (Lipinski definition) is 2. The minimum Gasteiger partial charge on any atom is -0.370 e.